The highest BCUT2D eigenvalue weighted by Crippen LogP contribution is 2.57. The van der Waals surface area contributed by atoms with Crippen LogP contribution in [0.15, 0.2) is 60.7 Å². The van der Waals surface area contributed by atoms with Crippen LogP contribution in [0.25, 0.3) is 10.2 Å². The number of fused-ring (bicyclic) bond motifs is 3. The van der Waals surface area contributed by atoms with Crippen LogP contribution in [0.2, 0.25) is 0 Å². The summed E-state index contributed by atoms with van der Waals surface area (Å²) in [6.45, 7) is 3.93. The molecule has 5 atom stereocenters. The maximum atomic E-state index is 14.6. The number of aromatic nitrogens is 1. The number of aryl methyl sites for hydroxylation is 2. The predicted molar refractivity (Wildman–Crippen MR) is 194 cm³/mol. The minimum absolute atomic E-state index is 0.0478. The third kappa shape index (κ3) is 7.26. The highest BCUT2D eigenvalue weighted by molar-refractivity contribution is 7.91. The molecule has 4 aliphatic rings. The molecule has 50 heavy (non-hydrogen) atoms. The molecule has 0 bridgehead atoms. The van der Waals surface area contributed by atoms with Crippen LogP contribution in [0.5, 0.6) is 5.19 Å². The Balaban J connectivity index is 1.17. The lowest BCUT2D eigenvalue weighted by molar-refractivity contribution is -0.142. The van der Waals surface area contributed by atoms with Crippen LogP contribution in [0.1, 0.15) is 88.7 Å². The summed E-state index contributed by atoms with van der Waals surface area (Å²) in [5.74, 6) is -1.37. The monoisotopic (exact) mass is 717 g/mol. The minimum Gasteiger partial charge on any atom is -0.465 e. The number of ether oxygens (including phenoxy) is 1. The summed E-state index contributed by atoms with van der Waals surface area (Å²) in [7, 11) is -3.88. The predicted octanol–water partition coefficient (Wildman–Crippen LogP) is 6.69. The van der Waals surface area contributed by atoms with Crippen LogP contribution in [0.3, 0.4) is 0 Å². The Morgan fingerprint density at radius 2 is 1.90 bits per heavy atom. The summed E-state index contributed by atoms with van der Waals surface area (Å²) in [6.07, 6.45) is 11.0. The largest absolute Gasteiger partial charge is 0.465 e. The zero-order valence-electron chi connectivity index (χ0n) is 28.9. The Morgan fingerprint density at radius 1 is 1.10 bits per heavy atom. The molecule has 2 amide bonds. The molecule has 9 nitrogen and oxygen atoms in total. The number of thiazole rings is 1. The first-order valence-corrected chi connectivity index (χ1v) is 20.4. The quantitative estimate of drug-likeness (QED) is 0.258. The normalized spacial score (nSPS) is 29.0. The zero-order chi connectivity index (χ0) is 35.1. The number of allylic oxidation sites excluding steroid dienone is 2. The van der Waals surface area contributed by atoms with E-state index >= 15 is 0 Å². The Bertz CT molecular complexity index is 1900. The van der Waals surface area contributed by atoms with Crippen molar-refractivity contribution in [2.45, 2.75) is 108 Å². The summed E-state index contributed by atoms with van der Waals surface area (Å²) >= 11 is 1.45. The summed E-state index contributed by atoms with van der Waals surface area (Å²) in [4.78, 5) is 49.2. The molecule has 1 saturated heterocycles. The smallest absolute Gasteiger partial charge is 0.274 e. The molecule has 2 aliphatic carbocycles. The SMILES string of the molecule is Cc1ccc2nc(O[C@@H]3C[C@H]4C(=O)C[C@]5(C(=O)NS(=O)(=O)C6(C)CC6)C[C@H]5/C=C\CCCCC[C@H](CCc5ccccc5)C(=O)N4C3)sc2c1. The van der Waals surface area contributed by atoms with Gasteiger partial charge in [0.05, 0.1) is 33.0 Å². The fourth-order valence-corrected chi connectivity index (χ4v) is 10.0. The third-order valence-electron chi connectivity index (χ3n) is 11.4. The number of hydrogen-bond donors (Lipinski definition) is 1. The number of sulfonamides is 1. The van der Waals surface area contributed by atoms with E-state index < -0.39 is 38.2 Å². The molecule has 2 aliphatic heterocycles. The molecule has 266 valence electrons. The van der Waals surface area contributed by atoms with Crippen molar-refractivity contribution in [2.75, 3.05) is 6.54 Å². The number of nitrogens with one attached hydrogen (secondary N) is 1. The maximum absolute atomic E-state index is 14.6. The highest BCUT2D eigenvalue weighted by atomic mass is 32.2. The molecule has 3 aromatic rings. The number of hydrogen-bond acceptors (Lipinski definition) is 8. The second kappa shape index (κ2) is 13.9. The summed E-state index contributed by atoms with van der Waals surface area (Å²) in [5.41, 5.74) is 1.98. The van der Waals surface area contributed by atoms with Crippen molar-refractivity contribution in [3.05, 3.63) is 71.8 Å². The molecule has 1 N–H and O–H groups in total. The summed E-state index contributed by atoms with van der Waals surface area (Å²) < 4.78 is 35.1. The van der Waals surface area contributed by atoms with Gasteiger partial charge in [-0.3, -0.25) is 19.1 Å². The molecule has 3 fully saturated rings. The molecule has 1 aromatic heterocycles. The zero-order valence-corrected chi connectivity index (χ0v) is 30.6. The van der Waals surface area contributed by atoms with Crippen molar-refractivity contribution in [1.29, 1.82) is 0 Å². The van der Waals surface area contributed by atoms with Crippen molar-refractivity contribution in [3.63, 3.8) is 0 Å². The Hall–Kier alpha value is -3.57. The van der Waals surface area contributed by atoms with Gasteiger partial charge in [-0.05, 0) is 94.4 Å². The minimum atomic E-state index is -3.88. The van der Waals surface area contributed by atoms with Gasteiger partial charge in [-0.1, -0.05) is 72.7 Å². The van der Waals surface area contributed by atoms with Gasteiger partial charge in [-0.2, -0.15) is 0 Å². The number of carbonyl (C=O) groups is 3. The Morgan fingerprint density at radius 3 is 2.68 bits per heavy atom. The molecule has 0 radical (unpaired) electrons. The van der Waals surface area contributed by atoms with Crippen LogP contribution in [0.4, 0.5) is 0 Å². The van der Waals surface area contributed by atoms with E-state index in [1.807, 2.05) is 43.3 Å². The fraction of sp³-hybridized carbons (Fsp3) is 0.538. The number of Topliss-reactive ketones (excluding diaryl/α,β-unsaturated/α-hetero) is 1. The van der Waals surface area contributed by atoms with Gasteiger partial charge in [0.1, 0.15) is 6.10 Å². The molecule has 2 saturated carbocycles. The fourth-order valence-electron chi connectivity index (χ4n) is 7.69. The maximum Gasteiger partial charge on any atom is 0.274 e. The van der Waals surface area contributed by atoms with Gasteiger partial charge in [-0.25, -0.2) is 13.4 Å². The average Bonchev–Trinajstić information content (AvgIpc) is 3.90. The molecule has 0 unspecified atom stereocenters. The Labute approximate surface area is 298 Å². The Kier molecular flexibility index (Phi) is 9.67. The van der Waals surface area contributed by atoms with Gasteiger partial charge in [0.15, 0.2) is 5.78 Å². The van der Waals surface area contributed by atoms with Crippen LogP contribution in [0, 0.1) is 24.2 Å². The van der Waals surface area contributed by atoms with Gasteiger partial charge < -0.3 is 9.64 Å². The highest BCUT2D eigenvalue weighted by Gasteiger charge is 2.62. The first-order valence-electron chi connectivity index (χ1n) is 18.1. The molecule has 2 aromatic carbocycles. The van der Waals surface area contributed by atoms with Crippen LogP contribution < -0.4 is 9.46 Å². The van der Waals surface area contributed by atoms with E-state index in [-0.39, 0.29) is 36.5 Å². The number of carbonyl (C=O) groups excluding carboxylic acids is 3. The van der Waals surface area contributed by atoms with E-state index in [0.717, 1.165) is 54.3 Å². The van der Waals surface area contributed by atoms with Gasteiger partial charge in [0.2, 0.25) is 21.8 Å². The number of rotatable bonds is 8. The molecule has 0 spiro atoms. The summed E-state index contributed by atoms with van der Waals surface area (Å²) in [5, 5.41) is 0.501. The van der Waals surface area contributed by atoms with Gasteiger partial charge >= 0.3 is 0 Å². The summed E-state index contributed by atoms with van der Waals surface area (Å²) in [6, 6.07) is 15.4. The molecular formula is C39H47N3O6S2. The molecular weight excluding hydrogens is 671 g/mol. The van der Waals surface area contributed by atoms with E-state index in [1.54, 1.807) is 11.8 Å². The lowest BCUT2D eigenvalue weighted by atomic mass is 9.90. The second-order valence-electron chi connectivity index (χ2n) is 15.2. The van der Waals surface area contributed by atoms with Gasteiger partial charge in [0.25, 0.3) is 5.19 Å². The van der Waals surface area contributed by atoms with E-state index in [4.69, 9.17) is 4.74 Å². The van der Waals surface area contributed by atoms with E-state index in [2.05, 4.69) is 34.0 Å². The van der Waals surface area contributed by atoms with Crippen LogP contribution >= 0.6 is 11.3 Å². The molecule has 7 rings (SSSR count). The van der Waals surface area contributed by atoms with E-state index in [9.17, 15) is 22.8 Å². The number of nitrogens with zero attached hydrogens (tertiary/aromatic N) is 2. The second-order valence-corrected chi connectivity index (χ2v) is 18.4. The third-order valence-corrected chi connectivity index (χ3v) is 14.4. The standard InChI is InChI=1S/C39H47N3O6S2/c1-26-15-18-31-34(21-26)49-37(40-31)48-30-22-32-33(43)24-39(36(45)41-50(46,47)38(2)19-20-38)23-29(39)14-10-5-3-4-9-13-28(35(44)42(32)25-30)17-16-27-11-7-6-8-12-27/h6-8,10-12,14-15,18,21,28-30,32H,3-5,9,13,16-17,19-20,22-25H2,1-2H3,(H,41,45)/b14-10-/t28-,29-,30-,32+,39-/m1/s1. The van der Waals surface area contributed by atoms with Crippen molar-refractivity contribution < 1.29 is 27.5 Å². The van der Waals surface area contributed by atoms with Crippen molar-refractivity contribution >= 4 is 49.2 Å². The van der Waals surface area contributed by atoms with Gasteiger partial charge in [0, 0.05) is 18.8 Å². The van der Waals surface area contributed by atoms with E-state index in [1.165, 1.54) is 16.9 Å². The number of amides is 2. The number of ketones is 1. The number of benzene rings is 2. The average molecular weight is 718 g/mol. The van der Waals surface area contributed by atoms with Crippen LogP contribution in [-0.2, 0) is 30.8 Å². The lowest BCUT2D eigenvalue weighted by Gasteiger charge is -2.29. The van der Waals surface area contributed by atoms with Crippen molar-refractivity contribution in [2.24, 2.45) is 17.3 Å². The van der Waals surface area contributed by atoms with Crippen molar-refractivity contribution in [3.8, 4) is 5.19 Å². The van der Waals surface area contributed by atoms with Crippen molar-refractivity contribution in [1.82, 2.24) is 14.6 Å². The van der Waals surface area contributed by atoms with E-state index in [0.29, 0.717) is 37.3 Å². The lowest BCUT2D eigenvalue weighted by Crippen LogP contribution is -2.47. The van der Waals surface area contributed by atoms with Crippen LogP contribution in [-0.4, -0.2) is 59.3 Å². The van der Waals surface area contributed by atoms with Gasteiger partial charge in [-0.15, -0.1) is 0 Å². The first kappa shape index (κ1) is 34.9. The topological polar surface area (TPSA) is 123 Å². The molecule has 3 heterocycles. The first-order chi connectivity index (χ1) is 24.0. The molecule has 11 heteroatoms.